The van der Waals surface area contributed by atoms with E-state index in [4.69, 9.17) is 4.52 Å². The van der Waals surface area contributed by atoms with Gasteiger partial charge in [0.2, 0.25) is 0 Å². The molecular weight excluding hydrogens is 260 g/mol. The largest absolute Gasteiger partial charge is 0.364 e. The van der Waals surface area contributed by atoms with E-state index in [-0.39, 0.29) is 0 Å². The van der Waals surface area contributed by atoms with Crippen molar-refractivity contribution in [3.8, 4) is 0 Å². The molecule has 0 spiro atoms. The predicted octanol–water partition coefficient (Wildman–Crippen LogP) is 2.01. The molecule has 0 saturated heterocycles. The molecule has 5 nitrogen and oxygen atoms in total. The van der Waals surface area contributed by atoms with Gasteiger partial charge >= 0.3 is 0 Å². The van der Waals surface area contributed by atoms with Crippen molar-refractivity contribution in [1.29, 1.82) is 0 Å². The number of hydrogen-bond donors (Lipinski definition) is 2. The Kier molecular flexibility index (Phi) is 5.57. The molecule has 1 heterocycles. The number of rotatable bonds is 5. The van der Waals surface area contributed by atoms with Crippen LogP contribution in [0.3, 0.4) is 0 Å². The van der Waals surface area contributed by atoms with Gasteiger partial charge in [0.05, 0.1) is 6.54 Å². The van der Waals surface area contributed by atoms with Crippen molar-refractivity contribution in [2.75, 3.05) is 12.8 Å². The fraction of sp³-hybridized carbons (Fsp3) is 0.692. The van der Waals surface area contributed by atoms with Gasteiger partial charge in [-0.05, 0) is 32.4 Å². The van der Waals surface area contributed by atoms with E-state index < -0.39 is 0 Å². The second-order valence-electron chi connectivity index (χ2n) is 4.70. The van der Waals surface area contributed by atoms with E-state index in [0.29, 0.717) is 12.6 Å². The first-order valence-electron chi connectivity index (χ1n) is 6.78. The van der Waals surface area contributed by atoms with Gasteiger partial charge < -0.3 is 15.2 Å². The maximum absolute atomic E-state index is 4.81. The lowest BCUT2D eigenvalue weighted by molar-refractivity contribution is 0.412. The number of hydrogen-bond acceptors (Lipinski definition) is 4. The molecule has 1 aromatic heterocycles. The van der Waals surface area contributed by atoms with Gasteiger partial charge in [-0.25, -0.2) is 4.99 Å². The van der Waals surface area contributed by atoms with E-state index in [1.165, 1.54) is 19.3 Å². The second kappa shape index (κ2) is 7.43. The summed E-state index contributed by atoms with van der Waals surface area (Å²) < 4.78 is 4.81. The zero-order chi connectivity index (χ0) is 13.5. The van der Waals surface area contributed by atoms with Gasteiger partial charge in [0.1, 0.15) is 12.0 Å². The summed E-state index contributed by atoms with van der Waals surface area (Å²) in [7, 11) is 0. The van der Waals surface area contributed by atoms with Gasteiger partial charge in [0.15, 0.2) is 5.96 Å². The van der Waals surface area contributed by atoms with Crippen LogP contribution in [-0.4, -0.2) is 35.2 Å². The van der Waals surface area contributed by atoms with E-state index >= 15 is 0 Å². The van der Waals surface area contributed by atoms with E-state index in [9.17, 15) is 0 Å². The number of nitrogens with one attached hydrogen (secondary N) is 2. The van der Waals surface area contributed by atoms with Crippen LogP contribution in [0.4, 0.5) is 0 Å². The Labute approximate surface area is 118 Å². The second-order valence-corrected chi connectivity index (χ2v) is 5.84. The van der Waals surface area contributed by atoms with Crippen molar-refractivity contribution in [2.24, 2.45) is 4.99 Å². The van der Waals surface area contributed by atoms with E-state index in [2.05, 4.69) is 34.0 Å². The first-order chi connectivity index (χ1) is 9.31. The van der Waals surface area contributed by atoms with Gasteiger partial charge in [-0.15, -0.1) is 0 Å². The first kappa shape index (κ1) is 14.2. The van der Waals surface area contributed by atoms with Gasteiger partial charge in [-0.1, -0.05) is 5.16 Å². The van der Waals surface area contributed by atoms with Crippen LogP contribution in [0.15, 0.2) is 21.8 Å². The quantitative estimate of drug-likeness (QED) is 0.639. The lowest BCUT2D eigenvalue weighted by atomic mass is 10.2. The molecule has 106 valence electrons. The van der Waals surface area contributed by atoms with Gasteiger partial charge in [-0.2, -0.15) is 11.8 Å². The van der Waals surface area contributed by atoms with Crippen LogP contribution < -0.4 is 10.6 Å². The summed E-state index contributed by atoms with van der Waals surface area (Å²) in [6.07, 6.45) is 7.50. The Morgan fingerprint density at radius 1 is 1.58 bits per heavy atom. The van der Waals surface area contributed by atoms with E-state index in [0.717, 1.165) is 23.4 Å². The van der Waals surface area contributed by atoms with Gasteiger partial charge in [0.25, 0.3) is 0 Å². The first-order valence-corrected chi connectivity index (χ1v) is 8.07. The molecule has 1 fully saturated rings. The van der Waals surface area contributed by atoms with Crippen LogP contribution in [-0.2, 0) is 6.54 Å². The molecule has 6 heteroatoms. The Balaban J connectivity index is 1.87. The van der Waals surface area contributed by atoms with E-state index in [1.807, 2.05) is 17.8 Å². The fourth-order valence-electron chi connectivity index (χ4n) is 2.28. The maximum atomic E-state index is 4.81. The minimum atomic E-state index is 0.535. The molecule has 0 amide bonds. The summed E-state index contributed by atoms with van der Waals surface area (Å²) in [5.74, 6) is 0.872. The van der Waals surface area contributed by atoms with Crippen molar-refractivity contribution >= 4 is 17.7 Å². The van der Waals surface area contributed by atoms with Crippen molar-refractivity contribution in [2.45, 2.75) is 44.0 Å². The fourth-order valence-corrected chi connectivity index (χ4v) is 3.07. The highest BCUT2D eigenvalue weighted by molar-refractivity contribution is 7.99. The molecule has 2 N–H and O–H groups in total. The SMILES string of the molecule is CCNC(=NCc1ccon1)NC1CCC(SC)C1. The number of thioether (sulfide) groups is 1. The highest BCUT2D eigenvalue weighted by atomic mass is 32.2. The molecule has 0 bridgehead atoms. The zero-order valence-electron chi connectivity index (χ0n) is 11.6. The minimum absolute atomic E-state index is 0.535. The molecular formula is C13H22N4OS. The van der Waals surface area contributed by atoms with Crippen molar-refractivity contribution < 1.29 is 4.52 Å². The Morgan fingerprint density at radius 2 is 2.47 bits per heavy atom. The van der Waals surface area contributed by atoms with Crippen molar-refractivity contribution in [3.63, 3.8) is 0 Å². The summed E-state index contributed by atoms with van der Waals surface area (Å²) in [5.41, 5.74) is 0.852. The molecule has 1 saturated carbocycles. The molecule has 0 radical (unpaired) electrons. The number of aromatic nitrogens is 1. The van der Waals surface area contributed by atoms with Crippen LogP contribution in [0.1, 0.15) is 31.9 Å². The number of guanidine groups is 1. The lowest BCUT2D eigenvalue weighted by Gasteiger charge is -2.17. The summed E-state index contributed by atoms with van der Waals surface area (Å²) in [5, 5.41) is 11.4. The Bertz CT molecular complexity index is 393. The third kappa shape index (κ3) is 4.45. The monoisotopic (exact) mass is 282 g/mol. The summed E-state index contributed by atoms with van der Waals surface area (Å²) in [6.45, 7) is 3.49. The Morgan fingerprint density at radius 3 is 3.11 bits per heavy atom. The highest BCUT2D eigenvalue weighted by Gasteiger charge is 2.24. The standard InChI is InChI=1S/C13H22N4OS/c1-3-14-13(15-9-11-6-7-18-17-11)16-10-4-5-12(8-10)19-2/h6-7,10,12H,3-5,8-9H2,1-2H3,(H2,14,15,16). The number of nitrogens with zero attached hydrogens (tertiary/aromatic N) is 2. The third-order valence-corrected chi connectivity index (χ3v) is 4.39. The lowest BCUT2D eigenvalue weighted by Crippen LogP contribution is -2.42. The average Bonchev–Trinajstić information content (AvgIpc) is 3.07. The van der Waals surface area contributed by atoms with Crippen molar-refractivity contribution in [3.05, 3.63) is 18.0 Å². The molecule has 19 heavy (non-hydrogen) atoms. The van der Waals surface area contributed by atoms with Crippen molar-refractivity contribution in [1.82, 2.24) is 15.8 Å². The molecule has 0 aromatic carbocycles. The van der Waals surface area contributed by atoms with Crippen LogP contribution in [0.5, 0.6) is 0 Å². The number of aliphatic imine (C=N–C) groups is 1. The molecule has 1 aromatic rings. The molecule has 2 rings (SSSR count). The van der Waals surface area contributed by atoms with Gasteiger partial charge in [-0.3, -0.25) is 0 Å². The van der Waals surface area contributed by atoms with Crippen LogP contribution in [0.25, 0.3) is 0 Å². The predicted molar refractivity (Wildman–Crippen MR) is 79.4 cm³/mol. The smallest absolute Gasteiger partial charge is 0.191 e. The highest BCUT2D eigenvalue weighted by Crippen LogP contribution is 2.27. The van der Waals surface area contributed by atoms with Gasteiger partial charge in [0, 0.05) is 23.9 Å². The minimum Gasteiger partial charge on any atom is -0.364 e. The topological polar surface area (TPSA) is 62.5 Å². The average molecular weight is 282 g/mol. The van der Waals surface area contributed by atoms with Crippen LogP contribution in [0, 0.1) is 0 Å². The molecule has 2 atom stereocenters. The third-order valence-electron chi connectivity index (χ3n) is 3.29. The van der Waals surface area contributed by atoms with Crippen LogP contribution in [0.2, 0.25) is 0 Å². The Hall–Kier alpha value is -1.17. The molecule has 2 unspecified atom stereocenters. The molecule has 0 aliphatic heterocycles. The maximum Gasteiger partial charge on any atom is 0.191 e. The molecule has 1 aliphatic rings. The molecule has 1 aliphatic carbocycles. The summed E-state index contributed by atoms with van der Waals surface area (Å²) in [4.78, 5) is 4.54. The summed E-state index contributed by atoms with van der Waals surface area (Å²) in [6, 6.07) is 2.37. The zero-order valence-corrected chi connectivity index (χ0v) is 12.4. The summed E-state index contributed by atoms with van der Waals surface area (Å²) >= 11 is 1.97. The van der Waals surface area contributed by atoms with Crippen LogP contribution >= 0.6 is 11.8 Å². The normalized spacial score (nSPS) is 23.6. The van der Waals surface area contributed by atoms with E-state index in [1.54, 1.807) is 6.26 Å².